The Bertz CT molecular complexity index is 479. The van der Waals surface area contributed by atoms with Crippen LogP contribution in [-0.2, 0) is 0 Å². The van der Waals surface area contributed by atoms with E-state index < -0.39 is 13.7 Å². The van der Waals surface area contributed by atoms with E-state index in [2.05, 4.69) is 67.8 Å². The topological polar surface area (TPSA) is 20.2 Å². The van der Waals surface area contributed by atoms with Crippen LogP contribution in [0.25, 0.3) is 0 Å². The fourth-order valence-electron chi connectivity index (χ4n) is 6.30. The highest BCUT2D eigenvalue weighted by molar-refractivity contribution is 6.76. The van der Waals surface area contributed by atoms with Crippen molar-refractivity contribution in [3.63, 3.8) is 0 Å². The normalized spacial score (nSPS) is 41.3. The molecule has 2 bridgehead atoms. The molecule has 0 heterocycles. The van der Waals surface area contributed by atoms with Crippen LogP contribution in [0.3, 0.4) is 0 Å². The third-order valence-electron chi connectivity index (χ3n) is 6.56. The first-order valence-electron chi connectivity index (χ1n) is 9.04. The van der Waals surface area contributed by atoms with E-state index in [-0.39, 0.29) is 16.2 Å². The van der Waals surface area contributed by atoms with Crippen molar-refractivity contribution in [2.45, 2.75) is 85.7 Å². The second kappa shape index (κ2) is 4.72. The molecule has 0 saturated heterocycles. The highest BCUT2D eigenvalue weighted by atomic mass is 28.3. The lowest BCUT2D eigenvalue weighted by atomic mass is 9.30. The van der Waals surface area contributed by atoms with Crippen LogP contribution < -0.4 is 0 Å². The summed E-state index contributed by atoms with van der Waals surface area (Å²) in [7, 11) is -1.31. The average molecular weight is 323 g/mol. The first-order valence-corrected chi connectivity index (χ1v) is 12.7. The van der Waals surface area contributed by atoms with Crippen molar-refractivity contribution in [2.24, 2.45) is 28.1 Å². The summed E-state index contributed by atoms with van der Waals surface area (Å²) < 4.78 is 0. The zero-order valence-electron chi connectivity index (χ0n) is 16.4. The first kappa shape index (κ1) is 18.3. The molecule has 22 heavy (non-hydrogen) atoms. The predicted molar refractivity (Wildman–Crippen MR) is 99.8 cm³/mol. The van der Waals surface area contributed by atoms with Gasteiger partial charge in [-0.25, -0.2) is 0 Å². The first-order chi connectivity index (χ1) is 9.62. The molecule has 2 heteroatoms. The van der Waals surface area contributed by atoms with Gasteiger partial charge in [-0.05, 0) is 41.6 Å². The highest BCUT2D eigenvalue weighted by Gasteiger charge is 2.75. The zero-order valence-corrected chi connectivity index (χ0v) is 17.4. The van der Waals surface area contributed by atoms with Crippen molar-refractivity contribution >= 4 is 8.07 Å². The Morgan fingerprint density at radius 3 is 2.09 bits per heavy atom. The van der Waals surface area contributed by atoms with E-state index in [9.17, 15) is 5.11 Å². The summed E-state index contributed by atoms with van der Waals surface area (Å²) in [6.45, 7) is 25.9. The van der Waals surface area contributed by atoms with Gasteiger partial charge in [0, 0.05) is 13.5 Å². The number of hydrogen-bond donors (Lipinski definition) is 1. The van der Waals surface area contributed by atoms with Crippen molar-refractivity contribution in [1.29, 1.82) is 0 Å². The molecule has 3 fully saturated rings. The van der Waals surface area contributed by atoms with Gasteiger partial charge in [0.25, 0.3) is 0 Å². The molecular formula is C20H38OSi. The Morgan fingerprint density at radius 1 is 1.23 bits per heavy atom. The zero-order chi connectivity index (χ0) is 17.4. The van der Waals surface area contributed by atoms with Crippen LogP contribution >= 0.6 is 0 Å². The maximum absolute atomic E-state index is 11.8. The minimum atomic E-state index is -1.31. The molecule has 0 aromatic rings. The van der Waals surface area contributed by atoms with Gasteiger partial charge >= 0.3 is 0 Å². The number of hydrogen-bond acceptors (Lipinski definition) is 1. The second-order valence-corrected chi connectivity index (χ2v) is 16.6. The molecule has 0 aromatic carbocycles. The molecule has 0 aliphatic heterocycles. The lowest BCUT2D eigenvalue weighted by molar-refractivity contribution is -0.251. The molecule has 4 atom stereocenters. The Hall–Kier alpha value is -0.0831. The summed E-state index contributed by atoms with van der Waals surface area (Å²) in [5.41, 5.74) is 1.11. The molecule has 3 rings (SSSR count). The fourth-order valence-corrected chi connectivity index (χ4v) is 8.75. The standard InChI is InChI=1S/C20H38OSi/c1-11-19(21)12-18(6,7)15-14(2)20(19,13-22(8,9)10)16(15)17(3,4)5/h15-16,21H,2,11-13H2,1,3-10H3/t15-,16-,19+,20+/m1/s1. The van der Waals surface area contributed by atoms with Crippen molar-refractivity contribution in [2.75, 3.05) is 0 Å². The Morgan fingerprint density at radius 2 is 1.73 bits per heavy atom. The summed E-state index contributed by atoms with van der Waals surface area (Å²) in [6.07, 6.45) is 1.77. The predicted octanol–water partition coefficient (Wildman–Crippen LogP) is 5.73. The molecule has 3 aliphatic rings. The minimum absolute atomic E-state index is 0.0509. The molecule has 3 aliphatic carbocycles. The SMILES string of the molecule is C=C1[C@@H]2[C@H](C(C)(C)C)[C@@]1(C[Si](C)(C)C)[C@](O)(CC)CC2(C)C. The molecule has 1 nitrogen and oxygen atoms in total. The molecule has 128 valence electrons. The van der Waals surface area contributed by atoms with Gasteiger partial charge in [-0.3, -0.25) is 0 Å². The molecule has 0 radical (unpaired) electrons. The fraction of sp³-hybridized carbons (Fsp3) is 0.900. The minimum Gasteiger partial charge on any atom is -0.389 e. The third-order valence-corrected chi connectivity index (χ3v) is 8.18. The number of aliphatic hydroxyl groups is 1. The van der Waals surface area contributed by atoms with Crippen LogP contribution in [-0.4, -0.2) is 18.8 Å². The van der Waals surface area contributed by atoms with Crippen molar-refractivity contribution < 1.29 is 5.11 Å². The van der Waals surface area contributed by atoms with Crippen LogP contribution in [0.1, 0.15) is 54.4 Å². The van der Waals surface area contributed by atoms with Crippen LogP contribution in [0.4, 0.5) is 0 Å². The van der Waals surface area contributed by atoms with Gasteiger partial charge in [0.1, 0.15) is 0 Å². The van der Waals surface area contributed by atoms with Crippen LogP contribution in [0, 0.1) is 28.1 Å². The van der Waals surface area contributed by atoms with Gasteiger partial charge in [-0.1, -0.05) is 73.3 Å². The second-order valence-electron chi connectivity index (χ2n) is 11.1. The van der Waals surface area contributed by atoms with Crippen molar-refractivity contribution in [3.8, 4) is 0 Å². The summed E-state index contributed by atoms with van der Waals surface area (Å²) in [4.78, 5) is 0. The average Bonchev–Trinajstić information content (AvgIpc) is 2.26. The van der Waals surface area contributed by atoms with Crippen LogP contribution in [0.15, 0.2) is 12.2 Å². The van der Waals surface area contributed by atoms with Gasteiger partial charge in [-0.15, -0.1) is 0 Å². The smallest absolute Gasteiger partial charge is 0.0743 e. The lowest BCUT2D eigenvalue weighted by Crippen LogP contribution is -2.75. The summed E-state index contributed by atoms with van der Waals surface area (Å²) >= 11 is 0. The van der Waals surface area contributed by atoms with Gasteiger partial charge < -0.3 is 5.11 Å². The lowest BCUT2D eigenvalue weighted by Gasteiger charge is -2.77. The van der Waals surface area contributed by atoms with Crippen LogP contribution in [0.5, 0.6) is 0 Å². The van der Waals surface area contributed by atoms with Gasteiger partial charge in [-0.2, -0.15) is 0 Å². The molecule has 0 amide bonds. The van der Waals surface area contributed by atoms with E-state index in [0.717, 1.165) is 12.8 Å². The molecule has 0 spiro atoms. The molecule has 0 aromatic heterocycles. The van der Waals surface area contributed by atoms with Crippen molar-refractivity contribution in [3.05, 3.63) is 12.2 Å². The Labute approximate surface area is 139 Å². The van der Waals surface area contributed by atoms with E-state index in [1.165, 1.54) is 11.6 Å². The summed E-state index contributed by atoms with van der Waals surface area (Å²) in [5, 5.41) is 11.8. The van der Waals surface area contributed by atoms with Gasteiger partial charge in [0.15, 0.2) is 0 Å². The van der Waals surface area contributed by atoms with E-state index in [4.69, 9.17) is 0 Å². The van der Waals surface area contributed by atoms with Crippen LogP contribution in [0.2, 0.25) is 25.7 Å². The number of fused-ring (bicyclic) bond motifs is 2. The maximum atomic E-state index is 11.8. The summed E-state index contributed by atoms with van der Waals surface area (Å²) in [5.74, 6) is 1.11. The molecule has 0 unspecified atom stereocenters. The number of rotatable bonds is 3. The Kier molecular flexibility index (Phi) is 3.92. The monoisotopic (exact) mass is 322 g/mol. The Balaban J connectivity index is 2.65. The molecular weight excluding hydrogens is 284 g/mol. The third kappa shape index (κ3) is 2.28. The van der Waals surface area contributed by atoms with E-state index in [1.807, 2.05) is 0 Å². The molecule has 1 N–H and O–H groups in total. The van der Waals surface area contributed by atoms with Gasteiger partial charge in [0.05, 0.1) is 5.60 Å². The van der Waals surface area contributed by atoms with E-state index in [1.54, 1.807) is 0 Å². The molecule has 3 saturated carbocycles. The van der Waals surface area contributed by atoms with E-state index >= 15 is 0 Å². The van der Waals surface area contributed by atoms with Crippen molar-refractivity contribution in [1.82, 2.24) is 0 Å². The van der Waals surface area contributed by atoms with E-state index in [0.29, 0.717) is 11.8 Å². The largest absolute Gasteiger partial charge is 0.389 e. The summed E-state index contributed by atoms with van der Waals surface area (Å²) in [6, 6.07) is 1.18. The highest BCUT2D eigenvalue weighted by Crippen LogP contribution is 2.78. The quantitative estimate of drug-likeness (QED) is 0.519. The maximum Gasteiger partial charge on any atom is 0.0743 e. The van der Waals surface area contributed by atoms with Gasteiger partial charge in [0.2, 0.25) is 0 Å².